The van der Waals surface area contributed by atoms with Crippen molar-refractivity contribution in [3.8, 4) is 17.2 Å². The maximum atomic E-state index is 13.4. The van der Waals surface area contributed by atoms with Crippen LogP contribution >= 0.6 is 0 Å². The molecule has 3 aromatic rings. The van der Waals surface area contributed by atoms with Crippen molar-refractivity contribution >= 4 is 5.91 Å². The molecular formula is C30H35NO4. The maximum absolute atomic E-state index is 13.4. The van der Waals surface area contributed by atoms with Gasteiger partial charge in [0.25, 0.3) is 0 Å². The summed E-state index contributed by atoms with van der Waals surface area (Å²) in [6.07, 6.45) is 1.96. The van der Waals surface area contributed by atoms with Crippen LogP contribution in [-0.4, -0.2) is 38.2 Å². The third-order valence-electron chi connectivity index (χ3n) is 6.75. The highest BCUT2D eigenvalue weighted by molar-refractivity contribution is 5.77. The summed E-state index contributed by atoms with van der Waals surface area (Å²) in [5, 5.41) is 0. The Balaban J connectivity index is 1.58. The fraction of sp³-hybridized carbons (Fsp3) is 0.367. The number of benzene rings is 3. The van der Waals surface area contributed by atoms with Gasteiger partial charge in [-0.3, -0.25) is 4.79 Å². The second kappa shape index (κ2) is 11.3. The Morgan fingerprint density at radius 1 is 0.971 bits per heavy atom. The number of hydrogen-bond acceptors (Lipinski definition) is 4. The van der Waals surface area contributed by atoms with Crippen molar-refractivity contribution in [2.75, 3.05) is 27.4 Å². The molecule has 1 aliphatic heterocycles. The van der Waals surface area contributed by atoms with Crippen LogP contribution in [0.3, 0.4) is 0 Å². The van der Waals surface area contributed by atoms with E-state index < -0.39 is 0 Å². The zero-order valence-electron chi connectivity index (χ0n) is 21.1. The van der Waals surface area contributed by atoms with Gasteiger partial charge in [0, 0.05) is 13.0 Å². The summed E-state index contributed by atoms with van der Waals surface area (Å²) in [6, 6.07) is 22.2. The SMILES string of the molecule is COc1cc2c(cc1OC)C(COc1ccc(C(C)C)cc1)N(C(=O)CCc1ccccc1)CC2. The van der Waals surface area contributed by atoms with Crippen LogP contribution in [0.5, 0.6) is 17.2 Å². The highest BCUT2D eigenvalue weighted by Gasteiger charge is 2.32. The maximum Gasteiger partial charge on any atom is 0.223 e. The normalized spacial score (nSPS) is 15.0. The molecule has 4 rings (SSSR count). The lowest BCUT2D eigenvalue weighted by Gasteiger charge is -2.37. The summed E-state index contributed by atoms with van der Waals surface area (Å²) in [7, 11) is 3.28. The fourth-order valence-electron chi connectivity index (χ4n) is 4.67. The summed E-state index contributed by atoms with van der Waals surface area (Å²) in [5.41, 5.74) is 4.66. The predicted molar refractivity (Wildman–Crippen MR) is 138 cm³/mol. The Bertz CT molecular complexity index is 1130. The molecule has 0 aliphatic carbocycles. The number of rotatable bonds is 9. The average molecular weight is 474 g/mol. The van der Waals surface area contributed by atoms with E-state index in [1.165, 1.54) is 16.7 Å². The topological polar surface area (TPSA) is 48.0 Å². The molecule has 0 aromatic heterocycles. The number of fused-ring (bicyclic) bond motifs is 1. The van der Waals surface area contributed by atoms with Crippen molar-refractivity contribution in [1.29, 1.82) is 0 Å². The van der Waals surface area contributed by atoms with Gasteiger partial charge in [-0.25, -0.2) is 0 Å². The molecule has 0 spiro atoms. The van der Waals surface area contributed by atoms with E-state index in [0.29, 0.717) is 37.0 Å². The number of carbonyl (C=O) groups excluding carboxylic acids is 1. The molecule has 5 nitrogen and oxygen atoms in total. The number of amides is 1. The van der Waals surface area contributed by atoms with Crippen LogP contribution in [-0.2, 0) is 17.6 Å². The quantitative estimate of drug-likeness (QED) is 0.384. The summed E-state index contributed by atoms with van der Waals surface area (Å²) in [4.78, 5) is 15.4. The zero-order chi connectivity index (χ0) is 24.8. The molecule has 0 fully saturated rings. The first-order valence-corrected chi connectivity index (χ1v) is 12.3. The highest BCUT2D eigenvalue weighted by atomic mass is 16.5. The van der Waals surface area contributed by atoms with Gasteiger partial charge in [0.05, 0.1) is 20.3 Å². The molecule has 1 atom stereocenters. The van der Waals surface area contributed by atoms with E-state index in [-0.39, 0.29) is 11.9 Å². The van der Waals surface area contributed by atoms with Crippen LogP contribution in [0.1, 0.15) is 54.5 Å². The monoisotopic (exact) mass is 473 g/mol. The van der Waals surface area contributed by atoms with Crippen LogP contribution < -0.4 is 14.2 Å². The third kappa shape index (κ3) is 5.79. The average Bonchev–Trinajstić information content (AvgIpc) is 2.90. The molecule has 5 heteroatoms. The lowest BCUT2D eigenvalue weighted by atomic mass is 9.91. The first kappa shape index (κ1) is 24.6. The predicted octanol–water partition coefficient (Wildman–Crippen LogP) is 5.96. The van der Waals surface area contributed by atoms with E-state index in [4.69, 9.17) is 14.2 Å². The van der Waals surface area contributed by atoms with Gasteiger partial charge in [-0.1, -0.05) is 56.3 Å². The smallest absolute Gasteiger partial charge is 0.223 e. The van der Waals surface area contributed by atoms with E-state index in [1.54, 1.807) is 14.2 Å². The summed E-state index contributed by atoms with van der Waals surface area (Å²) in [5.74, 6) is 2.78. The number of nitrogens with zero attached hydrogens (tertiary/aromatic N) is 1. The van der Waals surface area contributed by atoms with E-state index >= 15 is 0 Å². The molecule has 1 aliphatic rings. The highest BCUT2D eigenvalue weighted by Crippen LogP contribution is 2.38. The largest absolute Gasteiger partial charge is 0.493 e. The van der Waals surface area contributed by atoms with E-state index in [2.05, 4.69) is 38.1 Å². The molecular weight excluding hydrogens is 438 g/mol. The fourth-order valence-corrected chi connectivity index (χ4v) is 4.67. The first-order chi connectivity index (χ1) is 17.0. The van der Waals surface area contributed by atoms with E-state index in [9.17, 15) is 4.79 Å². The molecule has 0 N–H and O–H groups in total. The molecule has 1 unspecified atom stereocenters. The van der Waals surface area contributed by atoms with Gasteiger partial charge in [-0.15, -0.1) is 0 Å². The van der Waals surface area contributed by atoms with Gasteiger partial charge in [0.2, 0.25) is 5.91 Å². The van der Waals surface area contributed by atoms with Crippen LogP contribution in [0.2, 0.25) is 0 Å². The molecule has 184 valence electrons. The molecule has 1 amide bonds. The van der Waals surface area contributed by atoms with Crippen molar-refractivity contribution in [2.45, 2.75) is 45.1 Å². The zero-order valence-corrected chi connectivity index (χ0v) is 21.1. The summed E-state index contributed by atoms with van der Waals surface area (Å²) < 4.78 is 17.3. The van der Waals surface area contributed by atoms with Crippen molar-refractivity contribution in [1.82, 2.24) is 4.90 Å². The van der Waals surface area contributed by atoms with Gasteiger partial charge >= 0.3 is 0 Å². The van der Waals surface area contributed by atoms with Crippen molar-refractivity contribution in [3.05, 3.63) is 89.0 Å². The van der Waals surface area contributed by atoms with Crippen LogP contribution in [0.25, 0.3) is 0 Å². The van der Waals surface area contributed by atoms with Crippen molar-refractivity contribution in [2.24, 2.45) is 0 Å². The number of methoxy groups -OCH3 is 2. The molecule has 0 bridgehead atoms. The Morgan fingerprint density at radius 3 is 2.31 bits per heavy atom. The van der Waals surface area contributed by atoms with Gasteiger partial charge < -0.3 is 19.1 Å². The molecule has 0 saturated carbocycles. The number of hydrogen-bond donors (Lipinski definition) is 0. The molecule has 35 heavy (non-hydrogen) atoms. The Morgan fingerprint density at radius 2 is 1.66 bits per heavy atom. The van der Waals surface area contributed by atoms with Crippen LogP contribution in [0.4, 0.5) is 0 Å². The molecule has 0 saturated heterocycles. The lowest BCUT2D eigenvalue weighted by Crippen LogP contribution is -2.42. The first-order valence-electron chi connectivity index (χ1n) is 12.3. The number of aryl methyl sites for hydroxylation is 1. The Kier molecular flexibility index (Phi) is 7.96. The minimum Gasteiger partial charge on any atom is -0.493 e. The van der Waals surface area contributed by atoms with Crippen molar-refractivity contribution in [3.63, 3.8) is 0 Å². The van der Waals surface area contributed by atoms with E-state index in [1.807, 2.05) is 47.4 Å². The molecule has 1 heterocycles. The Hall–Kier alpha value is -3.47. The summed E-state index contributed by atoms with van der Waals surface area (Å²) in [6.45, 7) is 5.38. The van der Waals surface area contributed by atoms with E-state index in [0.717, 1.165) is 24.2 Å². The van der Waals surface area contributed by atoms with Crippen molar-refractivity contribution < 1.29 is 19.0 Å². The van der Waals surface area contributed by atoms with Crippen LogP contribution in [0, 0.1) is 0 Å². The Labute approximate surface area is 208 Å². The second-order valence-corrected chi connectivity index (χ2v) is 9.28. The minimum absolute atomic E-state index is 0.137. The number of carbonyl (C=O) groups is 1. The third-order valence-corrected chi connectivity index (χ3v) is 6.75. The van der Waals surface area contributed by atoms with Gasteiger partial charge in [-0.2, -0.15) is 0 Å². The second-order valence-electron chi connectivity index (χ2n) is 9.28. The van der Waals surface area contributed by atoms with Gasteiger partial charge in [0.1, 0.15) is 12.4 Å². The molecule has 0 radical (unpaired) electrons. The van der Waals surface area contributed by atoms with Gasteiger partial charge in [-0.05, 0) is 65.3 Å². The van der Waals surface area contributed by atoms with Crippen LogP contribution in [0.15, 0.2) is 66.7 Å². The lowest BCUT2D eigenvalue weighted by molar-refractivity contribution is -0.134. The minimum atomic E-state index is -0.202. The standard InChI is InChI=1S/C30H35NO4/c1-21(2)23-11-13-25(14-12-23)35-20-27-26-19-29(34-4)28(33-3)18-24(26)16-17-31(27)30(32)15-10-22-8-6-5-7-9-22/h5-9,11-14,18-19,21,27H,10,15-17,20H2,1-4H3. The van der Waals surface area contributed by atoms with Gasteiger partial charge in [0.15, 0.2) is 11.5 Å². The summed E-state index contributed by atoms with van der Waals surface area (Å²) >= 11 is 0. The molecule has 3 aromatic carbocycles. The number of ether oxygens (including phenoxy) is 3.